The molecule has 1 fully saturated rings. The second kappa shape index (κ2) is 13.0. The predicted molar refractivity (Wildman–Crippen MR) is 132 cm³/mol. The van der Waals surface area contributed by atoms with Crippen molar-refractivity contribution in [1.82, 2.24) is 20.2 Å². The SMILES string of the molecule is [2H]OC(=O)C[C@@H](C(=O)NC(C(=O)O)c1ccccc1)N(C(C)=O)N1C(=O)[C@H](CCCN=C(N)N)N(CC)C1=O. The van der Waals surface area contributed by atoms with Gasteiger partial charge in [0.2, 0.25) is 11.8 Å². The van der Waals surface area contributed by atoms with Gasteiger partial charge in [0, 0.05) is 20.0 Å². The highest BCUT2D eigenvalue weighted by Gasteiger charge is 2.51. The Labute approximate surface area is 219 Å². The number of carbonyl (C=O) groups is 6. The number of likely N-dealkylation sites (N-methyl/N-ethyl adjacent to an activating group) is 1. The fourth-order valence-corrected chi connectivity index (χ4v) is 4.07. The molecule has 1 saturated heterocycles. The minimum atomic E-state index is -1.90. The second-order valence-electron chi connectivity index (χ2n) is 8.33. The third kappa shape index (κ3) is 6.96. The molecule has 0 aliphatic carbocycles. The van der Waals surface area contributed by atoms with Crippen LogP contribution in [0.3, 0.4) is 0 Å². The molecule has 206 valence electrons. The first-order chi connectivity index (χ1) is 18.4. The van der Waals surface area contributed by atoms with Crippen molar-refractivity contribution in [1.29, 1.82) is 1.43 Å². The summed E-state index contributed by atoms with van der Waals surface area (Å²) in [7, 11) is 0. The molecule has 1 aromatic rings. The topological polar surface area (TPSA) is 229 Å². The zero-order valence-corrected chi connectivity index (χ0v) is 20.9. The van der Waals surface area contributed by atoms with E-state index in [1.807, 2.05) is 0 Å². The van der Waals surface area contributed by atoms with E-state index in [1.54, 1.807) is 25.1 Å². The quantitative estimate of drug-likeness (QED) is 0.0919. The number of amides is 5. The molecule has 0 bridgehead atoms. The summed E-state index contributed by atoms with van der Waals surface area (Å²) in [5.74, 6) is -5.86. The summed E-state index contributed by atoms with van der Waals surface area (Å²) in [6.07, 6.45) is -0.523. The number of carboxylic acid groups (broad SMARTS) is 2. The molecule has 1 unspecified atom stereocenters. The molecule has 0 spiro atoms. The number of rotatable bonds is 13. The van der Waals surface area contributed by atoms with E-state index in [9.17, 15) is 33.9 Å². The monoisotopic (exact) mass is 534 g/mol. The standard InChI is InChI=1S/C23H31N7O8/c1-3-28-15(10-7-11-26-22(24)25)20(35)30(23(28)38)29(13(2)31)16(12-17(32)33)19(34)27-18(21(36)37)14-8-5-4-6-9-14/h4-6,8-9,15-16,18H,3,7,10-12H2,1-2H3,(H,27,34)(H,32,33)(H,36,37)(H4,24,25,26)/t15-,16-,18?/m0/s1/i/hD. The van der Waals surface area contributed by atoms with E-state index in [0.29, 0.717) is 16.4 Å². The average molecular weight is 535 g/mol. The zero-order valence-electron chi connectivity index (χ0n) is 21.9. The lowest BCUT2D eigenvalue weighted by Gasteiger charge is -2.34. The number of hydrogen-bond donors (Lipinski definition) is 5. The van der Waals surface area contributed by atoms with Crippen LogP contribution in [0, 0.1) is 0 Å². The maximum atomic E-state index is 13.4. The lowest BCUT2D eigenvalue weighted by Crippen LogP contribution is -2.60. The van der Waals surface area contributed by atoms with Crippen molar-refractivity contribution in [3.63, 3.8) is 0 Å². The predicted octanol–water partition coefficient (Wildman–Crippen LogP) is -0.758. The molecular weight excluding hydrogens is 502 g/mol. The van der Waals surface area contributed by atoms with Gasteiger partial charge in [0.25, 0.3) is 7.34 Å². The molecule has 1 aliphatic rings. The average Bonchev–Trinajstić information content (AvgIpc) is 3.12. The van der Waals surface area contributed by atoms with E-state index in [1.165, 1.54) is 17.0 Å². The molecule has 1 heterocycles. The van der Waals surface area contributed by atoms with Crippen LogP contribution in [0.15, 0.2) is 35.3 Å². The number of nitrogens with two attached hydrogens (primary N) is 2. The molecule has 15 heteroatoms. The molecule has 2 rings (SSSR count). The molecule has 1 aliphatic heterocycles. The van der Waals surface area contributed by atoms with Gasteiger partial charge in [0.15, 0.2) is 12.0 Å². The largest absolute Gasteiger partial charge is 0.481 e. The summed E-state index contributed by atoms with van der Waals surface area (Å²) in [6.45, 7) is 2.81. The number of nitrogens with zero attached hydrogens (tertiary/aromatic N) is 4. The minimum Gasteiger partial charge on any atom is -0.481 e. The van der Waals surface area contributed by atoms with Gasteiger partial charge in [-0.25, -0.2) is 14.6 Å². The van der Waals surface area contributed by atoms with Crippen LogP contribution < -0.4 is 16.8 Å². The summed E-state index contributed by atoms with van der Waals surface area (Å²) in [5.41, 5.74) is 10.8. The first-order valence-electron chi connectivity index (χ1n) is 12.1. The van der Waals surface area contributed by atoms with Crippen molar-refractivity contribution in [3.05, 3.63) is 35.9 Å². The van der Waals surface area contributed by atoms with Crippen LogP contribution in [0.1, 0.15) is 44.7 Å². The van der Waals surface area contributed by atoms with Gasteiger partial charge in [-0.2, -0.15) is 5.01 Å². The Morgan fingerprint density at radius 2 is 1.87 bits per heavy atom. The molecule has 5 amide bonds. The van der Waals surface area contributed by atoms with Gasteiger partial charge in [0.1, 0.15) is 12.1 Å². The third-order valence-corrected chi connectivity index (χ3v) is 5.73. The van der Waals surface area contributed by atoms with Crippen molar-refractivity contribution in [2.24, 2.45) is 16.5 Å². The van der Waals surface area contributed by atoms with Gasteiger partial charge >= 0.3 is 18.0 Å². The zero-order chi connectivity index (χ0) is 29.3. The molecule has 0 saturated carbocycles. The lowest BCUT2D eigenvalue weighted by atomic mass is 10.1. The summed E-state index contributed by atoms with van der Waals surface area (Å²) < 4.78 is 6.88. The van der Waals surface area contributed by atoms with E-state index >= 15 is 0 Å². The molecular formula is C23H31N7O8. The van der Waals surface area contributed by atoms with Crippen molar-refractivity contribution in [2.75, 3.05) is 13.1 Å². The maximum Gasteiger partial charge on any atom is 0.346 e. The van der Waals surface area contributed by atoms with Crippen molar-refractivity contribution < 1.29 is 39.0 Å². The molecule has 38 heavy (non-hydrogen) atoms. The number of imide groups is 1. The number of aliphatic carboxylic acids is 2. The highest BCUT2D eigenvalue weighted by atomic mass is 16.4. The summed E-state index contributed by atoms with van der Waals surface area (Å²) in [5, 5.41) is 16.8. The van der Waals surface area contributed by atoms with E-state index in [-0.39, 0.29) is 31.0 Å². The third-order valence-electron chi connectivity index (χ3n) is 5.73. The van der Waals surface area contributed by atoms with Gasteiger partial charge in [0.05, 0.1) is 6.42 Å². The highest BCUT2D eigenvalue weighted by molar-refractivity contribution is 6.06. The Kier molecular flexibility index (Phi) is 9.56. The van der Waals surface area contributed by atoms with E-state index in [4.69, 9.17) is 12.9 Å². The van der Waals surface area contributed by atoms with Crippen molar-refractivity contribution in [2.45, 2.75) is 51.2 Å². The van der Waals surface area contributed by atoms with E-state index in [0.717, 1.165) is 6.92 Å². The van der Waals surface area contributed by atoms with Crippen molar-refractivity contribution in [3.8, 4) is 0 Å². The molecule has 3 atom stereocenters. The van der Waals surface area contributed by atoms with Crippen LogP contribution in [0.2, 0.25) is 0 Å². The number of urea groups is 1. The highest BCUT2D eigenvalue weighted by Crippen LogP contribution is 2.26. The fraction of sp³-hybridized carbons (Fsp3) is 0.435. The molecule has 15 nitrogen and oxygen atoms in total. The number of aliphatic imine (C=N–C) groups is 1. The Hall–Kier alpha value is -4.69. The fourth-order valence-electron chi connectivity index (χ4n) is 4.07. The van der Waals surface area contributed by atoms with E-state index < -0.39 is 60.2 Å². The minimum absolute atomic E-state index is 0.0699. The van der Waals surface area contributed by atoms with Crippen LogP contribution in [0.25, 0.3) is 1.43 Å². The van der Waals surface area contributed by atoms with Crippen LogP contribution in [-0.4, -0.2) is 92.0 Å². The molecule has 1 aromatic carbocycles. The van der Waals surface area contributed by atoms with Crippen LogP contribution in [0.4, 0.5) is 4.79 Å². The summed E-state index contributed by atoms with van der Waals surface area (Å²) >= 11 is 0. The van der Waals surface area contributed by atoms with Gasteiger partial charge < -0.3 is 31.9 Å². The Morgan fingerprint density at radius 3 is 2.39 bits per heavy atom. The number of hydrazine groups is 1. The van der Waals surface area contributed by atoms with Crippen LogP contribution >= 0.6 is 0 Å². The summed E-state index contributed by atoms with van der Waals surface area (Å²) in [4.78, 5) is 81.8. The first kappa shape index (κ1) is 27.9. The number of benzene rings is 1. The van der Waals surface area contributed by atoms with Gasteiger partial charge in [-0.1, -0.05) is 30.3 Å². The summed E-state index contributed by atoms with van der Waals surface area (Å²) in [6, 6.07) is 2.14. The molecule has 7 N–H and O–H groups in total. The lowest BCUT2D eigenvalue weighted by molar-refractivity contribution is -0.165. The maximum absolute atomic E-state index is 13.4. The van der Waals surface area contributed by atoms with Crippen molar-refractivity contribution >= 4 is 41.7 Å². The number of nitrogens with one attached hydrogen (secondary N) is 1. The number of carboxylic acids is 2. The van der Waals surface area contributed by atoms with Crippen LogP contribution in [-0.2, 0) is 24.0 Å². The number of guanidine groups is 1. The number of carbonyl (C=O) groups excluding carboxylic acids is 4. The molecule has 0 aromatic heterocycles. The Bertz CT molecular complexity index is 1130. The normalized spacial score (nSPS) is 16.8. The van der Waals surface area contributed by atoms with Crippen LogP contribution in [0.5, 0.6) is 0 Å². The Balaban J connectivity index is 2.45. The van der Waals surface area contributed by atoms with Gasteiger partial charge in [-0.15, -0.1) is 0 Å². The van der Waals surface area contributed by atoms with Gasteiger partial charge in [-0.3, -0.25) is 24.2 Å². The van der Waals surface area contributed by atoms with Gasteiger partial charge in [-0.05, 0) is 25.3 Å². The smallest absolute Gasteiger partial charge is 0.346 e. The molecule has 0 radical (unpaired) electrons. The Morgan fingerprint density at radius 1 is 1.21 bits per heavy atom. The second-order valence-corrected chi connectivity index (χ2v) is 8.33. The first-order valence-corrected chi connectivity index (χ1v) is 11.7. The van der Waals surface area contributed by atoms with E-state index in [2.05, 4.69) is 15.4 Å². The number of hydrogen-bond acceptors (Lipinski definition) is 8.